The van der Waals surface area contributed by atoms with Crippen molar-refractivity contribution in [3.05, 3.63) is 29.6 Å². The summed E-state index contributed by atoms with van der Waals surface area (Å²) in [6.45, 7) is 1.50. The number of nitrogens with zero attached hydrogens (tertiary/aromatic N) is 1. The lowest BCUT2D eigenvalue weighted by Crippen LogP contribution is -2.29. The molecule has 1 aliphatic rings. The summed E-state index contributed by atoms with van der Waals surface area (Å²) in [6, 6.07) is 3.43. The van der Waals surface area contributed by atoms with Gasteiger partial charge in [-0.1, -0.05) is 12.3 Å². The second-order valence-electron chi connectivity index (χ2n) is 4.80. The number of pyridine rings is 1. The van der Waals surface area contributed by atoms with Crippen molar-refractivity contribution in [3.8, 4) is 11.8 Å². The Labute approximate surface area is 107 Å². The van der Waals surface area contributed by atoms with Crippen LogP contribution in [0.4, 0.5) is 0 Å². The largest absolute Gasteiger partial charge is 0.378 e. The number of hydrogen-bond acceptors (Lipinski definition) is 3. The molecule has 1 aliphatic carbocycles. The number of carbonyl (C=O) groups is 1. The molecular formula is C15H17NO2. The van der Waals surface area contributed by atoms with Crippen molar-refractivity contribution in [3.63, 3.8) is 0 Å². The van der Waals surface area contributed by atoms with E-state index in [1.807, 2.05) is 0 Å². The van der Waals surface area contributed by atoms with E-state index in [-0.39, 0.29) is 5.78 Å². The molecule has 1 aromatic heterocycles. The van der Waals surface area contributed by atoms with Crippen LogP contribution in [0, 0.1) is 11.8 Å². The third-order valence-corrected chi connectivity index (χ3v) is 3.28. The number of aromatic nitrogens is 1. The van der Waals surface area contributed by atoms with Crippen molar-refractivity contribution in [2.75, 3.05) is 0 Å². The lowest BCUT2D eigenvalue weighted by Gasteiger charge is -2.26. The van der Waals surface area contributed by atoms with Gasteiger partial charge in [0.2, 0.25) is 0 Å². The molecule has 1 saturated carbocycles. The van der Waals surface area contributed by atoms with Gasteiger partial charge in [-0.2, -0.15) is 0 Å². The molecule has 1 N–H and O–H groups in total. The molecule has 0 saturated heterocycles. The molecular weight excluding hydrogens is 226 g/mol. The van der Waals surface area contributed by atoms with Crippen molar-refractivity contribution in [1.29, 1.82) is 0 Å². The molecule has 1 fully saturated rings. The molecule has 0 unspecified atom stereocenters. The summed E-state index contributed by atoms with van der Waals surface area (Å²) in [5.74, 6) is 5.72. The maximum atomic E-state index is 11.4. The van der Waals surface area contributed by atoms with Gasteiger partial charge in [-0.3, -0.25) is 4.79 Å². The van der Waals surface area contributed by atoms with Crippen LogP contribution in [0.2, 0.25) is 0 Å². The SMILES string of the molecule is CC(=O)c1cccnc1C#CC1(O)CCCCC1. The Morgan fingerprint density at radius 3 is 2.78 bits per heavy atom. The van der Waals surface area contributed by atoms with Crippen molar-refractivity contribution >= 4 is 5.78 Å². The summed E-state index contributed by atoms with van der Waals surface area (Å²) in [4.78, 5) is 15.5. The average Bonchev–Trinajstić information content (AvgIpc) is 2.38. The van der Waals surface area contributed by atoms with Gasteiger partial charge in [0.1, 0.15) is 11.3 Å². The smallest absolute Gasteiger partial charge is 0.162 e. The highest BCUT2D eigenvalue weighted by molar-refractivity contribution is 5.96. The van der Waals surface area contributed by atoms with Crippen LogP contribution in [0.15, 0.2) is 18.3 Å². The van der Waals surface area contributed by atoms with Gasteiger partial charge < -0.3 is 5.11 Å². The molecule has 0 spiro atoms. The van der Waals surface area contributed by atoms with E-state index in [2.05, 4.69) is 16.8 Å². The van der Waals surface area contributed by atoms with Crippen LogP contribution in [-0.2, 0) is 0 Å². The van der Waals surface area contributed by atoms with Crippen LogP contribution in [0.1, 0.15) is 55.1 Å². The Morgan fingerprint density at radius 2 is 2.11 bits per heavy atom. The van der Waals surface area contributed by atoms with Crippen LogP contribution in [-0.4, -0.2) is 21.5 Å². The molecule has 0 aliphatic heterocycles. The second-order valence-corrected chi connectivity index (χ2v) is 4.80. The van der Waals surface area contributed by atoms with Gasteiger partial charge in [0.05, 0.1) is 5.56 Å². The minimum Gasteiger partial charge on any atom is -0.378 e. The van der Waals surface area contributed by atoms with Gasteiger partial charge in [0, 0.05) is 6.20 Å². The number of aliphatic hydroxyl groups is 1. The van der Waals surface area contributed by atoms with Crippen LogP contribution in [0.5, 0.6) is 0 Å². The standard InChI is InChI=1S/C15H17NO2/c1-12(17)13-6-5-11-16-14(13)7-10-15(18)8-3-2-4-9-15/h5-6,11,18H,2-4,8-9H2,1H3. The van der Waals surface area contributed by atoms with Gasteiger partial charge in [-0.05, 0) is 50.7 Å². The Balaban J connectivity index is 2.26. The highest BCUT2D eigenvalue weighted by Gasteiger charge is 2.26. The fourth-order valence-corrected chi connectivity index (χ4v) is 2.23. The van der Waals surface area contributed by atoms with E-state index in [9.17, 15) is 9.90 Å². The summed E-state index contributed by atoms with van der Waals surface area (Å²) >= 11 is 0. The number of ketones is 1. The maximum absolute atomic E-state index is 11.4. The summed E-state index contributed by atoms with van der Waals surface area (Å²) < 4.78 is 0. The molecule has 0 radical (unpaired) electrons. The molecule has 0 aromatic carbocycles. The Morgan fingerprint density at radius 1 is 1.39 bits per heavy atom. The first-order valence-electron chi connectivity index (χ1n) is 6.32. The van der Waals surface area contributed by atoms with Crippen molar-refractivity contribution < 1.29 is 9.90 Å². The maximum Gasteiger partial charge on any atom is 0.162 e. The summed E-state index contributed by atoms with van der Waals surface area (Å²) in [5, 5.41) is 10.3. The first-order chi connectivity index (χ1) is 8.61. The Bertz CT molecular complexity index is 505. The summed E-state index contributed by atoms with van der Waals surface area (Å²) in [5.41, 5.74) is 0.0810. The van der Waals surface area contributed by atoms with E-state index in [0.29, 0.717) is 24.1 Å². The first kappa shape index (κ1) is 12.8. The monoisotopic (exact) mass is 243 g/mol. The second kappa shape index (κ2) is 5.32. The highest BCUT2D eigenvalue weighted by Crippen LogP contribution is 2.27. The molecule has 94 valence electrons. The lowest BCUT2D eigenvalue weighted by molar-refractivity contribution is 0.0610. The molecule has 0 bridgehead atoms. The Kier molecular flexibility index (Phi) is 3.78. The predicted molar refractivity (Wildman–Crippen MR) is 69.2 cm³/mol. The molecule has 18 heavy (non-hydrogen) atoms. The van der Waals surface area contributed by atoms with Crippen LogP contribution >= 0.6 is 0 Å². The topological polar surface area (TPSA) is 50.2 Å². The first-order valence-corrected chi connectivity index (χ1v) is 6.32. The van der Waals surface area contributed by atoms with Crippen molar-refractivity contribution in [1.82, 2.24) is 4.98 Å². The average molecular weight is 243 g/mol. The minimum atomic E-state index is -0.899. The van der Waals surface area contributed by atoms with Crippen LogP contribution in [0.25, 0.3) is 0 Å². The van der Waals surface area contributed by atoms with Gasteiger partial charge >= 0.3 is 0 Å². The van der Waals surface area contributed by atoms with E-state index in [1.54, 1.807) is 18.3 Å². The Hall–Kier alpha value is -1.66. The number of rotatable bonds is 1. The van der Waals surface area contributed by atoms with Gasteiger partial charge in [-0.15, -0.1) is 0 Å². The minimum absolute atomic E-state index is 0.0527. The quantitative estimate of drug-likeness (QED) is 0.608. The fraction of sp³-hybridized carbons (Fsp3) is 0.467. The zero-order valence-corrected chi connectivity index (χ0v) is 10.6. The summed E-state index contributed by atoms with van der Waals surface area (Å²) in [6.07, 6.45) is 6.21. The normalized spacial score (nSPS) is 17.7. The number of carbonyl (C=O) groups excluding carboxylic acids is 1. The van der Waals surface area contributed by atoms with E-state index in [4.69, 9.17) is 0 Å². The van der Waals surface area contributed by atoms with Gasteiger partial charge in [-0.25, -0.2) is 4.98 Å². The van der Waals surface area contributed by atoms with Crippen LogP contribution < -0.4 is 0 Å². The molecule has 1 aromatic rings. The molecule has 1 heterocycles. The highest BCUT2D eigenvalue weighted by atomic mass is 16.3. The fourth-order valence-electron chi connectivity index (χ4n) is 2.23. The van der Waals surface area contributed by atoms with Gasteiger partial charge in [0.25, 0.3) is 0 Å². The van der Waals surface area contributed by atoms with E-state index >= 15 is 0 Å². The molecule has 3 nitrogen and oxygen atoms in total. The zero-order valence-electron chi connectivity index (χ0n) is 10.6. The third-order valence-electron chi connectivity index (χ3n) is 3.28. The third kappa shape index (κ3) is 2.96. The molecule has 2 rings (SSSR count). The van der Waals surface area contributed by atoms with Gasteiger partial charge in [0.15, 0.2) is 5.78 Å². The molecule has 3 heteroatoms. The number of hydrogen-bond donors (Lipinski definition) is 1. The predicted octanol–water partition coefficient (Wildman–Crippen LogP) is 2.33. The zero-order chi connectivity index (χ0) is 13.0. The van der Waals surface area contributed by atoms with Crippen molar-refractivity contribution in [2.45, 2.75) is 44.6 Å². The van der Waals surface area contributed by atoms with Crippen molar-refractivity contribution in [2.24, 2.45) is 0 Å². The summed E-state index contributed by atoms with van der Waals surface area (Å²) in [7, 11) is 0. The van der Waals surface area contributed by atoms with E-state index in [1.165, 1.54) is 6.92 Å². The molecule has 0 amide bonds. The molecule has 0 atom stereocenters. The van der Waals surface area contributed by atoms with E-state index < -0.39 is 5.60 Å². The van der Waals surface area contributed by atoms with E-state index in [0.717, 1.165) is 19.3 Å². The number of Topliss-reactive ketones (excluding diaryl/α,β-unsaturated/α-hetero) is 1. The lowest BCUT2D eigenvalue weighted by atomic mass is 9.85. The van der Waals surface area contributed by atoms with Crippen LogP contribution in [0.3, 0.4) is 0 Å².